The molecular formula is C34H42N2O6. The molecule has 3 aliphatic rings. The maximum absolute atomic E-state index is 14.6. The summed E-state index contributed by atoms with van der Waals surface area (Å²) in [4.78, 5) is 45.5. The zero-order valence-electron chi connectivity index (χ0n) is 24.3. The van der Waals surface area contributed by atoms with Crippen molar-refractivity contribution >= 4 is 34.2 Å². The number of amides is 2. The molecule has 3 fully saturated rings. The lowest BCUT2D eigenvalue weighted by molar-refractivity contribution is -0.155. The monoisotopic (exact) mass is 574 g/mol. The molecule has 2 amide bonds. The Balaban J connectivity index is 1.46. The normalized spacial score (nSPS) is 25.9. The molecule has 2 aromatic carbocycles. The van der Waals surface area contributed by atoms with Crippen LogP contribution in [-0.2, 0) is 23.9 Å². The molecule has 3 heterocycles. The average Bonchev–Trinajstić information content (AvgIpc) is 3.64. The topological polar surface area (TPSA) is 96.4 Å². The Bertz CT molecular complexity index is 1330. The van der Waals surface area contributed by atoms with E-state index in [0.717, 1.165) is 36.5 Å². The molecular weight excluding hydrogens is 532 g/mol. The number of hydrogen-bond acceptors (Lipinski definition) is 6. The van der Waals surface area contributed by atoms with Gasteiger partial charge in [-0.15, -0.1) is 13.2 Å². The number of fused-ring (bicyclic) bond motifs is 2. The van der Waals surface area contributed by atoms with E-state index < -0.39 is 35.6 Å². The SMILES string of the molecule is C=CCCCCOC(=O)[C@@H]1[C@H]2C(=O)N(CCCCCO)C(C(=O)N(CC=C)c3ccc4ccccc4c3)C23CC[C@H]1O3. The van der Waals surface area contributed by atoms with Crippen molar-refractivity contribution in [3.8, 4) is 0 Å². The van der Waals surface area contributed by atoms with Gasteiger partial charge in [-0.1, -0.05) is 42.5 Å². The lowest BCUT2D eigenvalue weighted by atomic mass is 9.70. The third kappa shape index (κ3) is 5.50. The van der Waals surface area contributed by atoms with Crippen LogP contribution < -0.4 is 4.90 Å². The van der Waals surface area contributed by atoms with Crippen molar-refractivity contribution in [2.45, 2.75) is 69.1 Å². The lowest BCUT2D eigenvalue weighted by Gasteiger charge is -2.37. The summed E-state index contributed by atoms with van der Waals surface area (Å²) in [5.74, 6) is -2.35. The Kier molecular flexibility index (Phi) is 9.43. The van der Waals surface area contributed by atoms with Gasteiger partial charge in [0.2, 0.25) is 5.91 Å². The minimum atomic E-state index is -1.08. The number of carbonyl (C=O) groups is 3. The standard InChI is InChI=1S/C34H42N2O6/c1-3-5-6-12-22-41-33(40)28-27-17-18-34(42-27)29(28)31(38)36(20-10-7-11-21-37)30(34)32(39)35(19-4-2)26-16-15-24-13-8-9-14-25(24)23-26/h3-4,8-9,13-16,23,27-30,37H,1-2,5-7,10-12,17-22H2/t27-,28+,29+,30?,34?/m1/s1. The Hall–Kier alpha value is -3.49. The largest absolute Gasteiger partial charge is 0.465 e. The second kappa shape index (κ2) is 13.2. The fraction of sp³-hybridized carbons (Fsp3) is 0.500. The second-order valence-electron chi connectivity index (χ2n) is 11.6. The van der Waals surface area contributed by atoms with Gasteiger partial charge in [0.25, 0.3) is 5.91 Å². The highest BCUT2D eigenvalue weighted by atomic mass is 16.6. The molecule has 1 spiro atoms. The van der Waals surface area contributed by atoms with E-state index in [1.165, 1.54) is 0 Å². The van der Waals surface area contributed by atoms with Gasteiger partial charge in [-0.3, -0.25) is 14.4 Å². The zero-order valence-corrected chi connectivity index (χ0v) is 24.3. The van der Waals surface area contributed by atoms with E-state index in [0.29, 0.717) is 37.9 Å². The third-order valence-electron chi connectivity index (χ3n) is 9.03. The molecule has 0 aromatic heterocycles. The number of ether oxygens (including phenoxy) is 2. The second-order valence-corrected chi connectivity index (χ2v) is 11.6. The molecule has 2 unspecified atom stereocenters. The Morgan fingerprint density at radius 1 is 1.07 bits per heavy atom. The number of likely N-dealkylation sites (tertiary alicyclic amines) is 1. The van der Waals surface area contributed by atoms with Gasteiger partial charge in [0.05, 0.1) is 24.5 Å². The summed E-state index contributed by atoms with van der Waals surface area (Å²) in [6, 6.07) is 13.0. The van der Waals surface area contributed by atoms with Crippen molar-refractivity contribution < 1.29 is 29.0 Å². The molecule has 8 nitrogen and oxygen atoms in total. The van der Waals surface area contributed by atoms with Crippen LogP contribution >= 0.6 is 0 Å². The van der Waals surface area contributed by atoms with Gasteiger partial charge >= 0.3 is 5.97 Å². The smallest absolute Gasteiger partial charge is 0.312 e. The zero-order chi connectivity index (χ0) is 29.7. The van der Waals surface area contributed by atoms with Crippen LogP contribution in [0.5, 0.6) is 0 Å². The van der Waals surface area contributed by atoms with Gasteiger partial charge in [-0.25, -0.2) is 0 Å². The maximum atomic E-state index is 14.6. The molecule has 3 aliphatic heterocycles. The Labute approximate surface area is 248 Å². The van der Waals surface area contributed by atoms with E-state index in [-0.39, 0.29) is 31.6 Å². The quantitative estimate of drug-likeness (QED) is 0.187. The highest BCUT2D eigenvalue weighted by Crippen LogP contribution is 2.59. The molecule has 3 saturated heterocycles. The highest BCUT2D eigenvalue weighted by molar-refractivity contribution is 6.05. The van der Waals surface area contributed by atoms with E-state index in [1.54, 1.807) is 15.9 Å². The van der Waals surface area contributed by atoms with Crippen molar-refractivity contribution in [3.05, 3.63) is 67.8 Å². The van der Waals surface area contributed by atoms with Gasteiger partial charge in [0.15, 0.2) is 0 Å². The molecule has 1 N–H and O–H groups in total. The van der Waals surface area contributed by atoms with Gasteiger partial charge in [0.1, 0.15) is 11.6 Å². The summed E-state index contributed by atoms with van der Waals surface area (Å²) >= 11 is 0. The number of anilines is 1. The number of allylic oxidation sites excluding steroid dienone is 1. The molecule has 0 saturated carbocycles. The third-order valence-corrected chi connectivity index (χ3v) is 9.03. The first-order valence-electron chi connectivity index (χ1n) is 15.2. The molecule has 5 rings (SSSR count). The molecule has 2 aromatic rings. The average molecular weight is 575 g/mol. The molecule has 42 heavy (non-hydrogen) atoms. The molecule has 2 bridgehead atoms. The number of hydrogen-bond donors (Lipinski definition) is 1. The fourth-order valence-electron chi connectivity index (χ4n) is 7.12. The number of aliphatic hydroxyl groups excluding tert-OH is 1. The summed E-state index contributed by atoms with van der Waals surface area (Å²) in [6.45, 7) is 8.60. The van der Waals surface area contributed by atoms with E-state index in [4.69, 9.17) is 9.47 Å². The minimum absolute atomic E-state index is 0.0729. The molecule has 224 valence electrons. The van der Waals surface area contributed by atoms with Gasteiger partial charge in [-0.2, -0.15) is 0 Å². The van der Waals surface area contributed by atoms with Gasteiger partial charge in [0, 0.05) is 25.4 Å². The first-order valence-corrected chi connectivity index (χ1v) is 15.2. The van der Waals surface area contributed by atoms with Crippen molar-refractivity contribution in [1.82, 2.24) is 4.90 Å². The molecule has 0 radical (unpaired) electrons. The van der Waals surface area contributed by atoms with Crippen LogP contribution in [0.15, 0.2) is 67.8 Å². The summed E-state index contributed by atoms with van der Waals surface area (Å²) in [7, 11) is 0. The number of carbonyl (C=O) groups excluding carboxylic acids is 3. The summed E-state index contributed by atoms with van der Waals surface area (Å²) in [5.41, 5.74) is -0.368. The number of rotatable bonds is 15. The number of aliphatic hydroxyl groups is 1. The Morgan fingerprint density at radius 2 is 1.88 bits per heavy atom. The van der Waals surface area contributed by atoms with Crippen molar-refractivity contribution in [3.63, 3.8) is 0 Å². The number of benzene rings is 2. The summed E-state index contributed by atoms with van der Waals surface area (Å²) < 4.78 is 12.2. The summed E-state index contributed by atoms with van der Waals surface area (Å²) in [5, 5.41) is 11.4. The lowest BCUT2D eigenvalue weighted by Crippen LogP contribution is -2.56. The van der Waals surface area contributed by atoms with Crippen LogP contribution in [0.4, 0.5) is 5.69 Å². The van der Waals surface area contributed by atoms with E-state index >= 15 is 0 Å². The molecule has 0 aliphatic carbocycles. The molecule has 5 atom stereocenters. The van der Waals surface area contributed by atoms with Gasteiger partial charge in [-0.05, 0) is 74.3 Å². The van der Waals surface area contributed by atoms with Crippen LogP contribution in [0.2, 0.25) is 0 Å². The van der Waals surface area contributed by atoms with Crippen LogP contribution in [0.25, 0.3) is 10.8 Å². The minimum Gasteiger partial charge on any atom is -0.465 e. The number of nitrogens with zero attached hydrogens (tertiary/aromatic N) is 2. The van der Waals surface area contributed by atoms with Crippen LogP contribution in [0, 0.1) is 11.8 Å². The van der Waals surface area contributed by atoms with E-state index in [2.05, 4.69) is 13.2 Å². The predicted octanol–water partition coefficient (Wildman–Crippen LogP) is 4.80. The van der Waals surface area contributed by atoms with Crippen molar-refractivity contribution in [1.29, 1.82) is 0 Å². The fourth-order valence-corrected chi connectivity index (χ4v) is 7.12. The highest BCUT2D eigenvalue weighted by Gasteiger charge is 2.75. The predicted molar refractivity (Wildman–Crippen MR) is 162 cm³/mol. The summed E-state index contributed by atoms with van der Waals surface area (Å²) in [6.07, 6.45) is 8.63. The number of esters is 1. The van der Waals surface area contributed by atoms with Gasteiger partial charge < -0.3 is 24.4 Å². The molecule has 8 heteroatoms. The van der Waals surface area contributed by atoms with Crippen LogP contribution in [0.3, 0.4) is 0 Å². The maximum Gasteiger partial charge on any atom is 0.312 e. The first-order chi connectivity index (χ1) is 20.5. The van der Waals surface area contributed by atoms with Crippen molar-refractivity contribution in [2.24, 2.45) is 11.8 Å². The van der Waals surface area contributed by atoms with E-state index in [1.807, 2.05) is 48.5 Å². The number of unbranched alkanes of at least 4 members (excludes halogenated alkanes) is 4. The first kappa shape index (κ1) is 30.0. The van der Waals surface area contributed by atoms with Crippen LogP contribution in [-0.4, -0.2) is 71.8 Å². The van der Waals surface area contributed by atoms with E-state index in [9.17, 15) is 19.5 Å². The van der Waals surface area contributed by atoms with Crippen LogP contribution in [0.1, 0.15) is 51.4 Å². The van der Waals surface area contributed by atoms with Crippen molar-refractivity contribution in [2.75, 3.05) is 31.2 Å². The Morgan fingerprint density at radius 3 is 2.64 bits per heavy atom.